The Bertz CT molecular complexity index is 462. The third-order valence-corrected chi connectivity index (χ3v) is 2.10. The molecule has 0 atom stereocenters. The predicted octanol–water partition coefficient (Wildman–Crippen LogP) is 1.23. The van der Waals surface area contributed by atoms with Gasteiger partial charge in [-0.25, -0.2) is 4.68 Å². The number of amides is 1. The van der Waals surface area contributed by atoms with Crippen LogP contribution in [0, 0.1) is 0 Å². The molecule has 1 aromatic carbocycles. The van der Waals surface area contributed by atoms with E-state index in [4.69, 9.17) is 0 Å². The van der Waals surface area contributed by atoms with Gasteiger partial charge in [0.15, 0.2) is 0 Å². The normalized spacial score (nSPS) is 9.93. The number of hydrogen-bond donors (Lipinski definition) is 1. The Kier molecular flexibility index (Phi) is 2.49. The average Bonchev–Trinajstić information content (AvgIpc) is 2.78. The molecule has 0 unspecified atom stereocenters. The quantitative estimate of drug-likeness (QED) is 0.794. The second-order valence-electron chi connectivity index (χ2n) is 3.04. The molecule has 0 aliphatic rings. The van der Waals surface area contributed by atoms with E-state index in [2.05, 4.69) is 10.4 Å². The van der Waals surface area contributed by atoms with Gasteiger partial charge in [0.2, 0.25) is 0 Å². The Hall–Kier alpha value is -2.10. The Morgan fingerprint density at radius 1 is 1.27 bits per heavy atom. The van der Waals surface area contributed by atoms with E-state index >= 15 is 0 Å². The van der Waals surface area contributed by atoms with Gasteiger partial charge in [-0.05, 0) is 18.2 Å². The van der Waals surface area contributed by atoms with Crippen molar-refractivity contribution >= 4 is 5.91 Å². The Morgan fingerprint density at radius 2 is 2.00 bits per heavy atom. The molecular weight excluding hydrogens is 190 g/mol. The third kappa shape index (κ3) is 1.74. The van der Waals surface area contributed by atoms with E-state index in [1.54, 1.807) is 24.0 Å². The summed E-state index contributed by atoms with van der Waals surface area (Å²) >= 11 is 0. The largest absolute Gasteiger partial charge is 0.354 e. The first-order valence-corrected chi connectivity index (χ1v) is 4.64. The lowest BCUT2D eigenvalue weighted by Crippen LogP contribution is -2.21. The maximum Gasteiger partial charge on any atom is 0.269 e. The molecule has 4 nitrogen and oxygen atoms in total. The average molecular weight is 201 g/mol. The summed E-state index contributed by atoms with van der Waals surface area (Å²) in [7, 11) is 1.60. The number of aromatic nitrogens is 2. The third-order valence-electron chi connectivity index (χ3n) is 2.10. The van der Waals surface area contributed by atoms with Crippen molar-refractivity contribution in [2.75, 3.05) is 7.05 Å². The van der Waals surface area contributed by atoms with Crippen molar-refractivity contribution in [3.05, 3.63) is 48.3 Å². The number of benzene rings is 1. The summed E-state index contributed by atoms with van der Waals surface area (Å²) in [6.07, 6.45) is 1.61. The fourth-order valence-corrected chi connectivity index (χ4v) is 1.38. The standard InChI is InChI=1S/C11H11N3O/c1-12-11(15)10-7-8-13-14(10)9-5-3-2-4-6-9/h2-8H,1H3,(H,12,15). The molecule has 15 heavy (non-hydrogen) atoms. The highest BCUT2D eigenvalue weighted by Gasteiger charge is 2.10. The fraction of sp³-hybridized carbons (Fsp3) is 0.0909. The molecule has 0 bridgehead atoms. The van der Waals surface area contributed by atoms with Crippen molar-refractivity contribution in [2.45, 2.75) is 0 Å². The van der Waals surface area contributed by atoms with Crippen molar-refractivity contribution < 1.29 is 4.79 Å². The summed E-state index contributed by atoms with van der Waals surface area (Å²) in [6.45, 7) is 0. The zero-order chi connectivity index (χ0) is 10.7. The Morgan fingerprint density at radius 3 is 2.67 bits per heavy atom. The lowest BCUT2D eigenvalue weighted by atomic mass is 10.3. The van der Waals surface area contributed by atoms with Crippen molar-refractivity contribution in [2.24, 2.45) is 0 Å². The molecule has 76 valence electrons. The van der Waals surface area contributed by atoms with Gasteiger partial charge in [0.25, 0.3) is 5.91 Å². The van der Waals surface area contributed by atoms with Crippen molar-refractivity contribution in [3.8, 4) is 5.69 Å². The lowest BCUT2D eigenvalue weighted by Gasteiger charge is -2.05. The summed E-state index contributed by atoms with van der Waals surface area (Å²) in [4.78, 5) is 11.5. The highest BCUT2D eigenvalue weighted by molar-refractivity contribution is 5.92. The summed E-state index contributed by atoms with van der Waals surface area (Å²) < 4.78 is 1.61. The number of nitrogens with zero attached hydrogens (tertiary/aromatic N) is 2. The number of para-hydroxylation sites is 1. The smallest absolute Gasteiger partial charge is 0.269 e. The molecule has 2 rings (SSSR count). The van der Waals surface area contributed by atoms with E-state index < -0.39 is 0 Å². The molecular formula is C11H11N3O. The van der Waals surface area contributed by atoms with Crippen molar-refractivity contribution in [3.63, 3.8) is 0 Å². The Labute approximate surface area is 87.5 Å². The lowest BCUT2D eigenvalue weighted by molar-refractivity contribution is 0.0955. The molecule has 0 radical (unpaired) electrons. The van der Waals surface area contributed by atoms with Crippen LogP contribution in [0.1, 0.15) is 10.5 Å². The molecule has 1 amide bonds. The first-order valence-electron chi connectivity index (χ1n) is 4.64. The fourth-order valence-electron chi connectivity index (χ4n) is 1.38. The minimum Gasteiger partial charge on any atom is -0.354 e. The van der Waals surface area contributed by atoms with E-state index in [0.717, 1.165) is 5.69 Å². The molecule has 0 fully saturated rings. The van der Waals surface area contributed by atoms with Crippen LogP contribution in [0.5, 0.6) is 0 Å². The van der Waals surface area contributed by atoms with Crippen LogP contribution in [-0.2, 0) is 0 Å². The van der Waals surface area contributed by atoms with Crippen LogP contribution in [-0.4, -0.2) is 22.7 Å². The van der Waals surface area contributed by atoms with Gasteiger partial charge in [-0.15, -0.1) is 0 Å². The topological polar surface area (TPSA) is 46.9 Å². The van der Waals surface area contributed by atoms with Crippen LogP contribution in [0.25, 0.3) is 5.69 Å². The van der Waals surface area contributed by atoms with Crippen LogP contribution in [0.15, 0.2) is 42.6 Å². The number of nitrogens with one attached hydrogen (secondary N) is 1. The molecule has 0 saturated heterocycles. The number of carbonyl (C=O) groups excluding carboxylic acids is 1. The van der Waals surface area contributed by atoms with Gasteiger partial charge < -0.3 is 5.32 Å². The maximum absolute atomic E-state index is 11.5. The Balaban J connectivity index is 2.46. The van der Waals surface area contributed by atoms with Gasteiger partial charge in [0, 0.05) is 7.05 Å². The van der Waals surface area contributed by atoms with E-state index in [0.29, 0.717) is 5.69 Å². The monoisotopic (exact) mass is 201 g/mol. The zero-order valence-corrected chi connectivity index (χ0v) is 8.34. The molecule has 0 aliphatic carbocycles. The molecule has 4 heteroatoms. The molecule has 1 aromatic heterocycles. The number of hydrogen-bond acceptors (Lipinski definition) is 2. The van der Waals surface area contributed by atoms with Gasteiger partial charge in [-0.3, -0.25) is 4.79 Å². The summed E-state index contributed by atoms with van der Waals surface area (Å²) in [6, 6.07) is 11.2. The second-order valence-corrected chi connectivity index (χ2v) is 3.04. The minimum absolute atomic E-state index is 0.142. The van der Waals surface area contributed by atoms with Gasteiger partial charge in [-0.1, -0.05) is 18.2 Å². The number of rotatable bonds is 2. The van der Waals surface area contributed by atoms with Gasteiger partial charge in [-0.2, -0.15) is 5.10 Å². The van der Waals surface area contributed by atoms with Crippen LogP contribution < -0.4 is 5.32 Å². The first kappa shape index (κ1) is 9.45. The summed E-state index contributed by atoms with van der Waals surface area (Å²) in [5.41, 5.74) is 1.41. The molecule has 0 saturated carbocycles. The highest BCUT2D eigenvalue weighted by Crippen LogP contribution is 2.09. The molecule has 2 aromatic rings. The van der Waals surface area contributed by atoms with Crippen molar-refractivity contribution in [1.29, 1.82) is 0 Å². The minimum atomic E-state index is -0.142. The second kappa shape index (κ2) is 3.96. The maximum atomic E-state index is 11.5. The summed E-state index contributed by atoms with van der Waals surface area (Å²) in [5.74, 6) is -0.142. The van der Waals surface area contributed by atoms with Crippen LogP contribution in [0.3, 0.4) is 0 Å². The van der Waals surface area contributed by atoms with Crippen LogP contribution in [0.4, 0.5) is 0 Å². The molecule has 1 heterocycles. The molecule has 0 aliphatic heterocycles. The zero-order valence-electron chi connectivity index (χ0n) is 8.34. The van der Waals surface area contributed by atoms with Crippen LogP contribution in [0.2, 0.25) is 0 Å². The van der Waals surface area contributed by atoms with E-state index in [9.17, 15) is 4.79 Å². The van der Waals surface area contributed by atoms with E-state index in [-0.39, 0.29) is 5.91 Å². The summed E-state index contributed by atoms with van der Waals surface area (Å²) in [5, 5.41) is 6.69. The van der Waals surface area contributed by atoms with E-state index in [1.807, 2.05) is 30.3 Å². The van der Waals surface area contributed by atoms with Gasteiger partial charge in [0.05, 0.1) is 11.9 Å². The van der Waals surface area contributed by atoms with Crippen LogP contribution >= 0.6 is 0 Å². The van der Waals surface area contributed by atoms with E-state index in [1.165, 1.54) is 0 Å². The number of carbonyl (C=O) groups is 1. The van der Waals surface area contributed by atoms with Crippen molar-refractivity contribution in [1.82, 2.24) is 15.1 Å². The molecule has 0 spiro atoms. The van der Waals surface area contributed by atoms with Gasteiger partial charge in [0.1, 0.15) is 5.69 Å². The van der Waals surface area contributed by atoms with Gasteiger partial charge >= 0.3 is 0 Å². The SMILES string of the molecule is CNC(=O)c1ccnn1-c1ccccc1. The first-order chi connectivity index (χ1) is 7.33. The molecule has 1 N–H and O–H groups in total. The predicted molar refractivity (Wildman–Crippen MR) is 57.0 cm³/mol. The highest BCUT2D eigenvalue weighted by atomic mass is 16.1.